The lowest BCUT2D eigenvalue weighted by Crippen LogP contribution is -1.88. The molecule has 1 heterocycles. The molecule has 1 fully saturated rings. The summed E-state index contributed by atoms with van der Waals surface area (Å²) >= 11 is 10.0. The fourth-order valence-corrected chi connectivity index (χ4v) is 4.48. The van der Waals surface area contributed by atoms with Crippen molar-refractivity contribution in [3.8, 4) is 5.75 Å². The second kappa shape index (κ2) is 4.69. The molecule has 1 aliphatic heterocycles. The highest BCUT2D eigenvalue weighted by Gasteiger charge is 2.18. The lowest BCUT2D eigenvalue weighted by atomic mass is 10.2. The SMILES string of the molecule is COc1ccc(C2SCCS2)cc1Cl. The van der Waals surface area contributed by atoms with Crippen LogP contribution in [0.2, 0.25) is 5.02 Å². The minimum Gasteiger partial charge on any atom is -0.495 e. The highest BCUT2D eigenvalue weighted by atomic mass is 35.5. The first-order valence-electron chi connectivity index (χ1n) is 4.38. The van der Waals surface area contributed by atoms with E-state index in [1.165, 1.54) is 17.1 Å². The maximum Gasteiger partial charge on any atom is 0.137 e. The van der Waals surface area contributed by atoms with E-state index in [1.807, 2.05) is 35.7 Å². The van der Waals surface area contributed by atoms with Crippen LogP contribution in [0.5, 0.6) is 5.75 Å². The molecule has 0 N–H and O–H groups in total. The Hall–Kier alpha value is 0.01000. The van der Waals surface area contributed by atoms with Crippen LogP contribution in [0.4, 0.5) is 0 Å². The summed E-state index contributed by atoms with van der Waals surface area (Å²) in [5.41, 5.74) is 1.29. The molecule has 0 bridgehead atoms. The van der Waals surface area contributed by atoms with E-state index in [0.29, 0.717) is 9.60 Å². The number of methoxy groups -OCH3 is 1. The third-order valence-corrected chi connectivity index (χ3v) is 5.47. The smallest absolute Gasteiger partial charge is 0.137 e. The average Bonchev–Trinajstić information content (AvgIpc) is 2.70. The molecule has 2 rings (SSSR count). The summed E-state index contributed by atoms with van der Waals surface area (Å²) in [6.07, 6.45) is 0. The molecule has 1 aromatic rings. The third-order valence-electron chi connectivity index (χ3n) is 2.07. The zero-order valence-corrected chi connectivity index (χ0v) is 10.2. The summed E-state index contributed by atoms with van der Waals surface area (Å²) < 4.78 is 5.67. The number of thioether (sulfide) groups is 2. The summed E-state index contributed by atoms with van der Waals surface area (Å²) in [6.45, 7) is 0. The van der Waals surface area contributed by atoms with Crippen molar-refractivity contribution >= 4 is 35.1 Å². The lowest BCUT2D eigenvalue weighted by Gasteiger charge is -2.10. The second-order valence-corrected chi connectivity index (χ2v) is 6.10. The molecule has 1 aromatic carbocycles. The van der Waals surface area contributed by atoms with Crippen LogP contribution in [-0.2, 0) is 0 Å². The molecule has 4 heteroatoms. The molecule has 1 saturated heterocycles. The van der Waals surface area contributed by atoms with Gasteiger partial charge in [0.25, 0.3) is 0 Å². The minimum absolute atomic E-state index is 0.554. The van der Waals surface area contributed by atoms with Crippen molar-refractivity contribution in [1.29, 1.82) is 0 Å². The van der Waals surface area contributed by atoms with E-state index in [4.69, 9.17) is 16.3 Å². The highest BCUT2D eigenvalue weighted by molar-refractivity contribution is 8.19. The first-order chi connectivity index (χ1) is 6.81. The topological polar surface area (TPSA) is 9.23 Å². The van der Waals surface area contributed by atoms with Gasteiger partial charge in [-0.2, -0.15) is 0 Å². The quantitative estimate of drug-likeness (QED) is 0.785. The van der Waals surface area contributed by atoms with Gasteiger partial charge >= 0.3 is 0 Å². The monoisotopic (exact) mass is 246 g/mol. The van der Waals surface area contributed by atoms with Crippen LogP contribution in [0.3, 0.4) is 0 Å². The van der Waals surface area contributed by atoms with Crippen LogP contribution in [0.15, 0.2) is 18.2 Å². The minimum atomic E-state index is 0.554. The van der Waals surface area contributed by atoms with Gasteiger partial charge in [0.15, 0.2) is 0 Å². The van der Waals surface area contributed by atoms with Gasteiger partial charge < -0.3 is 4.74 Å². The molecule has 76 valence electrons. The van der Waals surface area contributed by atoms with E-state index in [0.717, 1.165) is 5.75 Å². The van der Waals surface area contributed by atoms with Crippen LogP contribution in [-0.4, -0.2) is 18.6 Å². The normalized spacial score (nSPS) is 17.3. The van der Waals surface area contributed by atoms with Gasteiger partial charge in [-0.25, -0.2) is 0 Å². The van der Waals surface area contributed by atoms with Crippen LogP contribution >= 0.6 is 35.1 Å². The molecular formula is C10H11ClOS2. The number of benzene rings is 1. The Morgan fingerprint density at radius 2 is 2.07 bits per heavy atom. The average molecular weight is 247 g/mol. The highest BCUT2D eigenvalue weighted by Crippen LogP contribution is 2.46. The van der Waals surface area contributed by atoms with Gasteiger partial charge in [0.1, 0.15) is 5.75 Å². The molecular weight excluding hydrogens is 236 g/mol. The summed E-state index contributed by atoms with van der Waals surface area (Å²) in [5.74, 6) is 3.22. The first kappa shape index (κ1) is 10.5. The Kier molecular flexibility index (Phi) is 3.52. The maximum absolute atomic E-state index is 6.06. The Morgan fingerprint density at radius 3 is 2.64 bits per heavy atom. The molecule has 1 nitrogen and oxygen atoms in total. The van der Waals surface area contributed by atoms with Gasteiger partial charge in [-0.1, -0.05) is 17.7 Å². The van der Waals surface area contributed by atoms with Crippen molar-refractivity contribution in [2.24, 2.45) is 0 Å². The summed E-state index contributed by atoms with van der Waals surface area (Å²) in [6, 6.07) is 6.05. The maximum atomic E-state index is 6.06. The van der Waals surface area contributed by atoms with Crippen molar-refractivity contribution in [1.82, 2.24) is 0 Å². The van der Waals surface area contributed by atoms with Gasteiger partial charge in [0, 0.05) is 11.5 Å². The molecule has 0 atom stereocenters. The third kappa shape index (κ3) is 2.15. The Balaban J connectivity index is 2.23. The van der Waals surface area contributed by atoms with Crippen molar-refractivity contribution in [2.45, 2.75) is 4.58 Å². The van der Waals surface area contributed by atoms with Gasteiger partial charge in [0.05, 0.1) is 16.7 Å². The fraction of sp³-hybridized carbons (Fsp3) is 0.400. The molecule has 1 aliphatic rings. The number of hydrogen-bond acceptors (Lipinski definition) is 3. The number of hydrogen-bond donors (Lipinski definition) is 0. The van der Waals surface area contributed by atoms with Gasteiger partial charge in [-0.15, -0.1) is 23.5 Å². The van der Waals surface area contributed by atoms with E-state index in [1.54, 1.807) is 7.11 Å². The van der Waals surface area contributed by atoms with Gasteiger partial charge in [0.2, 0.25) is 0 Å². The number of ether oxygens (including phenoxy) is 1. The standard InChI is InChI=1S/C10H11ClOS2/c1-12-9-3-2-7(6-8(9)11)10-13-4-5-14-10/h2-3,6,10H,4-5H2,1H3. The van der Waals surface area contributed by atoms with Gasteiger partial charge in [-0.3, -0.25) is 0 Å². The Bertz CT molecular complexity index is 324. The Morgan fingerprint density at radius 1 is 1.36 bits per heavy atom. The van der Waals surface area contributed by atoms with E-state index >= 15 is 0 Å². The van der Waals surface area contributed by atoms with E-state index in [-0.39, 0.29) is 0 Å². The van der Waals surface area contributed by atoms with Crippen LogP contribution < -0.4 is 4.74 Å². The predicted molar refractivity (Wildman–Crippen MR) is 65.7 cm³/mol. The number of rotatable bonds is 2. The molecule has 0 amide bonds. The zero-order chi connectivity index (χ0) is 9.97. The summed E-state index contributed by atoms with van der Waals surface area (Å²) in [4.78, 5) is 0. The van der Waals surface area contributed by atoms with Crippen molar-refractivity contribution < 1.29 is 4.74 Å². The fourth-order valence-electron chi connectivity index (χ4n) is 1.38. The molecule has 0 aliphatic carbocycles. The number of halogens is 1. The van der Waals surface area contributed by atoms with Crippen LogP contribution in [0, 0.1) is 0 Å². The molecule has 0 radical (unpaired) electrons. The second-order valence-electron chi connectivity index (χ2n) is 2.97. The van der Waals surface area contributed by atoms with Crippen molar-refractivity contribution in [2.75, 3.05) is 18.6 Å². The van der Waals surface area contributed by atoms with Crippen LogP contribution in [0.25, 0.3) is 0 Å². The van der Waals surface area contributed by atoms with E-state index in [9.17, 15) is 0 Å². The molecule has 0 aromatic heterocycles. The summed E-state index contributed by atoms with van der Waals surface area (Å²) in [7, 11) is 1.64. The van der Waals surface area contributed by atoms with Crippen LogP contribution in [0.1, 0.15) is 10.1 Å². The lowest BCUT2D eigenvalue weighted by molar-refractivity contribution is 0.415. The van der Waals surface area contributed by atoms with E-state index in [2.05, 4.69) is 6.07 Å². The molecule has 0 unspecified atom stereocenters. The van der Waals surface area contributed by atoms with Gasteiger partial charge in [-0.05, 0) is 17.7 Å². The predicted octanol–water partition coefficient (Wildman–Crippen LogP) is 3.83. The molecule has 14 heavy (non-hydrogen) atoms. The van der Waals surface area contributed by atoms with Crippen molar-refractivity contribution in [3.05, 3.63) is 28.8 Å². The molecule has 0 spiro atoms. The van der Waals surface area contributed by atoms with Crippen molar-refractivity contribution in [3.63, 3.8) is 0 Å². The molecule has 0 saturated carbocycles. The largest absolute Gasteiger partial charge is 0.495 e. The summed E-state index contributed by atoms with van der Waals surface area (Å²) in [5, 5.41) is 0.707. The van der Waals surface area contributed by atoms with E-state index < -0.39 is 0 Å². The zero-order valence-electron chi connectivity index (χ0n) is 7.83. The first-order valence-corrected chi connectivity index (χ1v) is 6.85. The Labute approximate surface area is 97.5 Å².